The van der Waals surface area contributed by atoms with Gasteiger partial charge in [-0.15, -0.1) is 0 Å². The molecule has 1 aromatic heterocycles. The molecule has 0 aliphatic carbocycles. The first kappa shape index (κ1) is 12.0. The monoisotopic (exact) mass is 249 g/mol. The Morgan fingerprint density at radius 2 is 2.18 bits per heavy atom. The average molecular weight is 250 g/mol. The molecule has 2 aromatic rings. The number of hydrogen-bond donors (Lipinski definition) is 1. The van der Waals surface area contributed by atoms with Crippen LogP contribution in [0.4, 0.5) is 5.69 Å². The first-order valence-electron chi connectivity index (χ1n) is 5.72. The standard InChI is InChI=1S/C13H16ClN3/c1-3-17-13(7-10(2)16-17)9-15-12-6-4-5-11(14)8-12/h4-8,15H,3,9H2,1-2H3. The summed E-state index contributed by atoms with van der Waals surface area (Å²) in [4.78, 5) is 0. The van der Waals surface area contributed by atoms with Crippen molar-refractivity contribution in [2.24, 2.45) is 0 Å². The fourth-order valence-corrected chi connectivity index (χ4v) is 2.00. The number of anilines is 1. The van der Waals surface area contributed by atoms with E-state index in [0.717, 1.165) is 29.5 Å². The van der Waals surface area contributed by atoms with Crippen LogP contribution in [0.3, 0.4) is 0 Å². The molecule has 0 amide bonds. The Kier molecular flexibility index (Phi) is 3.69. The van der Waals surface area contributed by atoms with Gasteiger partial charge in [-0.05, 0) is 38.1 Å². The summed E-state index contributed by atoms with van der Waals surface area (Å²) in [6.07, 6.45) is 0. The van der Waals surface area contributed by atoms with Crippen molar-refractivity contribution in [1.82, 2.24) is 9.78 Å². The van der Waals surface area contributed by atoms with E-state index < -0.39 is 0 Å². The summed E-state index contributed by atoms with van der Waals surface area (Å²) in [5.74, 6) is 0. The molecule has 0 bridgehead atoms. The van der Waals surface area contributed by atoms with Crippen LogP contribution in [0.25, 0.3) is 0 Å². The zero-order valence-corrected chi connectivity index (χ0v) is 10.8. The molecule has 1 N–H and O–H groups in total. The van der Waals surface area contributed by atoms with E-state index in [4.69, 9.17) is 11.6 Å². The van der Waals surface area contributed by atoms with Gasteiger partial charge in [0.25, 0.3) is 0 Å². The molecule has 2 rings (SSSR count). The molecule has 90 valence electrons. The van der Waals surface area contributed by atoms with E-state index in [-0.39, 0.29) is 0 Å². The van der Waals surface area contributed by atoms with Gasteiger partial charge in [-0.25, -0.2) is 0 Å². The second kappa shape index (κ2) is 5.23. The van der Waals surface area contributed by atoms with Gasteiger partial charge in [0.15, 0.2) is 0 Å². The lowest BCUT2D eigenvalue weighted by molar-refractivity contribution is 0.623. The predicted molar refractivity (Wildman–Crippen MR) is 71.4 cm³/mol. The maximum Gasteiger partial charge on any atom is 0.0597 e. The van der Waals surface area contributed by atoms with Gasteiger partial charge < -0.3 is 5.32 Å². The van der Waals surface area contributed by atoms with Gasteiger partial charge in [-0.3, -0.25) is 4.68 Å². The van der Waals surface area contributed by atoms with Crippen LogP contribution in [0, 0.1) is 6.92 Å². The summed E-state index contributed by atoms with van der Waals surface area (Å²) in [5.41, 5.74) is 3.26. The minimum atomic E-state index is 0.746. The van der Waals surface area contributed by atoms with Crippen LogP contribution in [0.2, 0.25) is 5.02 Å². The summed E-state index contributed by atoms with van der Waals surface area (Å²) in [7, 11) is 0. The van der Waals surface area contributed by atoms with E-state index in [2.05, 4.69) is 23.4 Å². The van der Waals surface area contributed by atoms with Crippen LogP contribution >= 0.6 is 11.6 Å². The third-order valence-electron chi connectivity index (χ3n) is 2.58. The van der Waals surface area contributed by atoms with E-state index >= 15 is 0 Å². The number of benzene rings is 1. The van der Waals surface area contributed by atoms with Gasteiger partial charge >= 0.3 is 0 Å². The molecule has 0 aliphatic rings. The largest absolute Gasteiger partial charge is 0.379 e. The third-order valence-corrected chi connectivity index (χ3v) is 2.82. The molecule has 0 saturated carbocycles. The zero-order valence-electron chi connectivity index (χ0n) is 10.1. The minimum Gasteiger partial charge on any atom is -0.379 e. The van der Waals surface area contributed by atoms with Crippen LogP contribution in [-0.4, -0.2) is 9.78 Å². The van der Waals surface area contributed by atoms with Gasteiger partial charge in [0.2, 0.25) is 0 Å². The topological polar surface area (TPSA) is 29.9 Å². The highest BCUT2D eigenvalue weighted by Gasteiger charge is 2.03. The smallest absolute Gasteiger partial charge is 0.0597 e. The van der Waals surface area contributed by atoms with E-state index in [0.29, 0.717) is 0 Å². The Morgan fingerprint density at radius 1 is 1.35 bits per heavy atom. The molecular weight excluding hydrogens is 234 g/mol. The zero-order chi connectivity index (χ0) is 12.3. The number of nitrogens with zero attached hydrogens (tertiary/aromatic N) is 2. The molecular formula is C13H16ClN3. The van der Waals surface area contributed by atoms with Crippen molar-refractivity contribution in [3.63, 3.8) is 0 Å². The molecule has 1 heterocycles. The summed E-state index contributed by atoms with van der Waals surface area (Å²) < 4.78 is 2.01. The molecule has 3 nitrogen and oxygen atoms in total. The third kappa shape index (κ3) is 3.01. The fraction of sp³-hybridized carbons (Fsp3) is 0.308. The average Bonchev–Trinajstić information content (AvgIpc) is 2.67. The highest BCUT2D eigenvalue weighted by Crippen LogP contribution is 2.16. The Labute approximate surface area is 106 Å². The fourth-order valence-electron chi connectivity index (χ4n) is 1.81. The van der Waals surface area contributed by atoms with Crippen LogP contribution in [0.5, 0.6) is 0 Å². The number of aromatic nitrogens is 2. The highest BCUT2D eigenvalue weighted by molar-refractivity contribution is 6.30. The van der Waals surface area contributed by atoms with Crippen molar-refractivity contribution in [2.45, 2.75) is 26.9 Å². The first-order valence-corrected chi connectivity index (χ1v) is 6.09. The quantitative estimate of drug-likeness (QED) is 0.899. The van der Waals surface area contributed by atoms with E-state index in [1.807, 2.05) is 35.9 Å². The summed E-state index contributed by atoms with van der Waals surface area (Å²) in [6, 6.07) is 9.83. The number of aryl methyl sites for hydroxylation is 2. The predicted octanol–water partition coefficient (Wildman–Crippen LogP) is 3.48. The van der Waals surface area contributed by atoms with Crippen molar-refractivity contribution >= 4 is 17.3 Å². The Balaban J connectivity index is 2.06. The van der Waals surface area contributed by atoms with Crippen molar-refractivity contribution in [2.75, 3.05) is 5.32 Å². The van der Waals surface area contributed by atoms with Crippen LogP contribution in [0.15, 0.2) is 30.3 Å². The molecule has 0 aliphatic heterocycles. The van der Waals surface area contributed by atoms with Crippen LogP contribution in [-0.2, 0) is 13.1 Å². The van der Waals surface area contributed by atoms with Gasteiger partial charge in [-0.1, -0.05) is 17.7 Å². The van der Waals surface area contributed by atoms with E-state index in [9.17, 15) is 0 Å². The number of nitrogens with one attached hydrogen (secondary N) is 1. The van der Waals surface area contributed by atoms with Crippen LogP contribution in [0.1, 0.15) is 18.3 Å². The lowest BCUT2D eigenvalue weighted by atomic mass is 10.3. The van der Waals surface area contributed by atoms with Gasteiger partial charge in [-0.2, -0.15) is 5.10 Å². The Hall–Kier alpha value is -1.48. The summed E-state index contributed by atoms with van der Waals surface area (Å²) in [5, 5.41) is 8.50. The lowest BCUT2D eigenvalue weighted by Gasteiger charge is -2.08. The SMILES string of the molecule is CCn1nc(C)cc1CNc1cccc(Cl)c1. The number of hydrogen-bond acceptors (Lipinski definition) is 2. The summed E-state index contributed by atoms with van der Waals surface area (Å²) >= 11 is 5.93. The number of rotatable bonds is 4. The molecule has 0 fully saturated rings. The van der Waals surface area contributed by atoms with Crippen molar-refractivity contribution in [1.29, 1.82) is 0 Å². The second-order valence-corrected chi connectivity index (χ2v) is 4.39. The van der Waals surface area contributed by atoms with Gasteiger partial charge in [0.1, 0.15) is 0 Å². The van der Waals surface area contributed by atoms with Crippen molar-refractivity contribution in [3.8, 4) is 0 Å². The van der Waals surface area contributed by atoms with Gasteiger partial charge in [0, 0.05) is 17.3 Å². The van der Waals surface area contributed by atoms with E-state index in [1.54, 1.807) is 0 Å². The van der Waals surface area contributed by atoms with Crippen LogP contribution < -0.4 is 5.32 Å². The minimum absolute atomic E-state index is 0.746. The Morgan fingerprint density at radius 3 is 2.88 bits per heavy atom. The molecule has 0 atom stereocenters. The van der Waals surface area contributed by atoms with Gasteiger partial charge in [0.05, 0.1) is 17.9 Å². The van der Waals surface area contributed by atoms with E-state index in [1.165, 1.54) is 5.69 Å². The molecule has 17 heavy (non-hydrogen) atoms. The normalized spacial score (nSPS) is 10.5. The lowest BCUT2D eigenvalue weighted by Crippen LogP contribution is -2.07. The molecule has 0 spiro atoms. The molecule has 0 unspecified atom stereocenters. The molecule has 0 radical (unpaired) electrons. The highest BCUT2D eigenvalue weighted by atomic mass is 35.5. The number of halogens is 1. The Bertz CT molecular complexity index is 505. The second-order valence-electron chi connectivity index (χ2n) is 3.96. The van der Waals surface area contributed by atoms with Crippen molar-refractivity contribution < 1.29 is 0 Å². The first-order chi connectivity index (χ1) is 8.19. The maximum atomic E-state index is 5.93. The molecule has 1 aromatic carbocycles. The van der Waals surface area contributed by atoms with Crippen molar-refractivity contribution in [3.05, 3.63) is 46.7 Å². The maximum absolute atomic E-state index is 5.93. The molecule has 0 saturated heterocycles. The molecule has 4 heteroatoms. The summed E-state index contributed by atoms with van der Waals surface area (Å²) in [6.45, 7) is 5.75.